The lowest BCUT2D eigenvalue weighted by Crippen LogP contribution is -2.38. The number of halogens is 2. The molecule has 2 aromatic rings. The van der Waals surface area contributed by atoms with Gasteiger partial charge in [-0.25, -0.2) is 17.6 Å². The Morgan fingerprint density at radius 1 is 1.13 bits per heavy atom. The first-order valence-corrected chi connectivity index (χ1v) is 11.3. The Kier molecular flexibility index (Phi) is 6.89. The van der Waals surface area contributed by atoms with Crippen LogP contribution in [-0.4, -0.2) is 44.4 Å². The summed E-state index contributed by atoms with van der Waals surface area (Å²) in [4.78, 5) is 24.7. The second-order valence-corrected chi connectivity index (χ2v) is 9.53. The number of rotatable bonds is 6. The Hall–Kier alpha value is -2.71. The molecular formula is C21H19ClFNO5S. The number of carbonyl (C=O) groups excluding carboxylic acids is 2. The molecule has 1 amide bonds. The number of amides is 1. The van der Waals surface area contributed by atoms with E-state index in [4.69, 9.17) is 16.3 Å². The summed E-state index contributed by atoms with van der Waals surface area (Å²) in [5.74, 6) is -1.91. The van der Waals surface area contributed by atoms with Crippen molar-refractivity contribution >= 4 is 45.0 Å². The van der Waals surface area contributed by atoms with Crippen molar-refractivity contribution in [3.05, 3.63) is 70.5 Å². The van der Waals surface area contributed by atoms with E-state index in [1.165, 1.54) is 24.3 Å². The van der Waals surface area contributed by atoms with Gasteiger partial charge in [-0.3, -0.25) is 4.79 Å². The van der Waals surface area contributed by atoms with Crippen molar-refractivity contribution in [2.75, 3.05) is 18.1 Å². The number of hydrogen-bond donors (Lipinski definition) is 1. The van der Waals surface area contributed by atoms with Crippen LogP contribution in [0.5, 0.6) is 0 Å². The van der Waals surface area contributed by atoms with Crippen molar-refractivity contribution in [2.45, 2.75) is 12.5 Å². The van der Waals surface area contributed by atoms with Crippen molar-refractivity contribution in [3.63, 3.8) is 0 Å². The average molecular weight is 452 g/mol. The number of esters is 1. The summed E-state index contributed by atoms with van der Waals surface area (Å²) in [6.07, 6.45) is 1.88. The van der Waals surface area contributed by atoms with E-state index in [2.05, 4.69) is 5.32 Å². The maximum atomic E-state index is 13.3. The summed E-state index contributed by atoms with van der Waals surface area (Å²) in [7, 11) is -3.13. The van der Waals surface area contributed by atoms with Gasteiger partial charge in [0, 0.05) is 11.1 Å². The molecule has 0 bridgehead atoms. The summed E-state index contributed by atoms with van der Waals surface area (Å²) < 4.78 is 41.3. The monoisotopic (exact) mass is 451 g/mol. The van der Waals surface area contributed by atoms with Crippen LogP contribution in [-0.2, 0) is 24.2 Å². The molecule has 1 atom stereocenters. The maximum Gasteiger partial charge on any atom is 0.339 e. The number of hydrogen-bond acceptors (Lipinski definition) is 5. The molecule has 30 heavy (non-hydrogen) atoms. The fourth-order valence-electron chi connectivity index (χ4n) is 3.00. The second kappa shape index (κ2) is 9.40. The molecule has 1 N–H and O–H groups in total. The van der Waals surface area contributed by atoms with Gasteiger partial charge >= 0.3 is 5.97 Å². The number of benzene rings is 2. The first kappa shape index (κ1) is 22.0. The van der Waals surface area contributed by atoms with E-state index < -0.39 is 40.2 Å². The van der Waals surface area contributed by atoms with Gasteiger partial charge in [-0.15, -0.1) is 0 Å². The molecule has 0 radical (unpaired) electrons. The van der Waals surface area contributed by atoms with E-state index in [-0.39, 0.29) is 17.1 Å². The third-order valence-electron chi connectivity index (χ3n) is 4.49. The molecule has 158 valence electrons. The summed E-state index contributed by atoms with van der Waals surface area (Å²) in [6.45, 7) is -0.561. The summed E-state index contributed by atoms with van der Waals surface area (Å²) in [5, 5.41) is 3.08. The van der Waals surface area contributed by atoms with Crippen LogP contribution in [0.4, 0.5) is 4.39 Å². The molecule has 0 saturated carbocycles. The molecule has 9 heteroatoms. The Bertz CT molecular complexity index is 1070. The summed E-state index contributed by atoms with van der Waals surface area (Å²) in [6, 6.07) is 11.5. The Morgan fingerprint density at radius 2 is 1.80 bits per heavy atom. The fraction of sp³-hybridized carbons (Fsp3) is 0.238. The number of nitrogens with one attached hydrogen (secondary N) is 1. The van der Waals surface area contributed by atoms with Crippen LogP contribution >= 0.6 is 11.6 Å². The normalized spacial score (nSPS) is 18.1. The molecule has 1 aliphatic heterocycles. The van der Waals surface area contributed by atoms with Gasteiger partial charge in [0.15, 0.2) is 16.4 Å². The molecule has 2 aromatic carbocycles. The van der Waals surface area contributed by atoms with E-state index in [1.54, 1.807) is 30.3 Å². The third kappa shape index (κ3) is 6.14. The smallest absolute Gasteiger partial charge is 0.339 e. The van der Waals surface area contributed by atoms with Gasteiger partial charge in [0.2, 0.25) is 0 Å². The molecule has 1 aliphatic rings. The highest BCUT2D eigenvalue weighted by molar-refractivity contribution is 7.91. The number of sulfone groups is 1. The first-order chi connectivity index (χ1) is 14.2. The zero-order chi connectivity index (χ0) is 21.7. The Morgan fingerprint density at radius 3 is 2.40 bits per heavy atom. The van der Waals surface area contributed by atoms with Crippen LogP contribution < -0.4 is 5.32 Å². The SMILES string of the molecule is O=C(COC(=O)/C(=C/c1ccc(Cl)cc1)c1ccc(F)cc1)N[C@@H]1CCS(=O)(=O)C1. The van der Waals surface area contributed by atoms with Crippen LogP contribution in [0.25, 0.3) is 11.6 Å². The summed E-state index contributed by atoms with van der Waals surface area (Å²) in [5.41, 5.74) is 1.21. The molecule has 0 aromatic heterocycles. The van der Waals surface area contributed by atoms with E-state index in [9.17, 15) is 22.4 Å². The van der Waals surface area contributed by atoms with E-state index in [0.29, 0.717) is 22.6 Å². The Labute approximate surface area is 178 Å². The molecule has 1 saturated heterocycles. The van der Waals surface area contributed by atoms with Gasteiger partial charge in [-0.05, 0) is 47.9 Å². The van der Waals surface area contributed by atoms with Crippen LogP contribution in [0, 0.1) is 5.82 Å². The van der Waals surface area contributed by atoms with E-state index in [1.807, 2.05) is 0 Å². The lowest BCUT2D eigenvalue weighted by Gasteiger charge is -2.12. The quantitative estimate of drug-likeness (QED) is 0.414. The highest BCUT2D eigenvalue weighted by Crippen LogP contribution is 2.21. The minimum atomic E-state index is -3.13. The largest absolute Gasteiger partial charge is 0.452 e. The third-order valence-corrected chi connectivity index (χ3v) is 6.51. The highest BCUT2D eigenvalue weighted by atomic mass is 35.5. The molecule has 0 aliphatic carbocycles. The van der Waals surface area contributed by atoms with Gasteiger partial charge in [-0.1, -0.05) is 35.9 Å². The van der Waals surface area contributed by atoms with Gasteiger partial charge in [0.05, 0.1) is 17.1 Å². The van der Waals surface area contributed by atoms with Gasteiger partial charge < -0.3 is 10.1 Å². The van der Waals surface area contributed by atoms with Crippen LogP contribution in [0.2, 0.25) is 5.02 Å². The highest BCUT2D eigenvalue weighted by Gasteiger charge is 2.29. The lowest BCUT2D eigenvalue weighted by atomic mass is 10.0. The molecule has 0 unspecified atom stereocenters. The molecular weight excluding hydrogens is 433 g/mol. The minimum Gasteiger partial charge on any atom is -0.452 e. The topological polar surface area (TPSA) is 89.5 Å². The molecule has 3 rings (SSSR count). The second-order valence-electron chi connectivity index (χ2n) is 6.86. The molecule has 1 fully saturated rings. The fourth-order valence-corrected chi connectivity index (χ4v) is 4.80. The van der Waals surface area contributed by atoms with Crippen molar-refractivity contribution in [1.29, 1.82) is 0 Å². The zero-order valence-corrected chi connectivity index (χ0v) is 17.4. The summed E-state index contributed by atoms with van der Waals surface area (Å²) >= 11 is 5.88. The predicted molar refractivity (Wildman–Crippen MR) is 112 cm³/mol. The molecule has 1 heterocycles. The van der Waals surface area contributed by atoms with Crippen LogP contribution in [0.3, 0.4) is 0 Å². The number of carbonyl (C=O) groups is 2. The van der Waals surface area contributed by atoms with Gasteiger partial charge in [0.25, 0.3) is 5.91 Å². The van der Waals surface area contributed by atoms with Crippen LogP contribution in [0.1, 0.15) is 17.5 Å². The van der Waals surface area contributed by atoms with Crippen LogP contribution in [0.15, 0.2) is 48.5 Å². The van der Waals surface area contributed by atoms with Gasteiger partial charge in [-0.2, -0.15) is 0 Å². The Balaban J connectivity index is 1.71. The first-order valence-electron chi connectivity index (χ1n) is 9.12. The predicted octanol–water partition coefficient (Wildman–Crippen LogP) is 2.87. The van der Waals surface area contributed by atoms with Gasteiger partial charge in [0.1, 0.15) is 5.82 Å². The zero-order valence-electron chi connectivity index (χ0n) is 15.8. The molecule has 6 nitrogen and oxygen atoms in total. The maximum absolute atomic E-state index is 13.3. The molecule has 0 spiro atoms. The van der Waals surface area contributed by atoms with Crippen molar-refractivity contribution in [2.24, 2.45) is 0 Å². The average Bonchev–Trinajstić information content (AvgIpc) is 3.04. The minimum absolute atomic E-state index is 0.0241. The number of ether oxygens (including phenoxy) is 1. The van der Waals surface area contributed by atoms with E-state index >= 15 is 0 Å². The van der Waals surface area contributed by atoms with E-state index in [0.717, 1.165) is 0 Å². The van der Waals surface area contributed by atoms with Crippen molar-refractivity contribution in [1.82, 2.24) is 5.32 Å². The van der Waals surface area contributed by atoms with Crippen molar-refractivity contribution in [3.8, 4) is 0 Å². The lowest BCUT2D eigenvalue weighted by molar-refractivity contribution is -0.143. The standard InChI is InChI=1S/C21H19ClFNO5S/c22-16-5-1-14(2-6-16)11-19(15-3-7-17(23)8-4-15)21(26)29-12-20(25)24-18-9-10-30(27,28)13-18/h1-8,11,18H,9-10,12-13H2,(H,24,25)/b19-11+/t18-/m1/s1. The van der Waals surface area contributed by atoms with Crippen molar-refractivity contribution < 1.29 is 27.1 Å².